The number of rotatable bonds is 3. The number of amides is 1. The second-order valence-electron chi connectivity index (χ2n) is 4.44. The summed E-state index contributed by atoms with van der Waals surface area (Å²) in [6.07, 6.45) is 0.613. The average molecular weight is 254 g/mol. The number of nitrogens with one attached hydrogen (secondary N) is 1. The van der Waals surface area contributed by atoms with Crippen LogP contribution in [0, 0.1) is 18.6 Å². The molecule has 0 spiro atoms. The molecule has 0 saturated carbocycles. The molecule has 1 amide bonds. The lowest BCUT2D eigenvalue weighted by molar-refractivity contribution is -0.118. The van der Waals surface area contributed by atoms with E-state index in [1.807, 2.05) is 6.92 Å². The van der Waals surface area contributed by atoms with E-state index in [4.69, 9.17) is 0 Å². The summed E-state index contributed by atoms with van der Waals surface area (Å²) in [5, 5.41) is 3.03. The lowest BCUT2D eigenvalue weighted by Gasteiger charge is -2.18. The van der Waals surface area contributed by atoms with Gasteiger partial charge in [0.15, 0.2) is 0 Å². The zero-order chi connectivity index (χ0) is 13.3. The van der Waals surface area contributed by atoms with Crippen molar-refractivity contribution in [2.75, 3.05) is 18.0 Å². The molecule has 18 heavy (non-hydrogen) atoms. The van der Waals surface area contributed by atoms with E-state index in [-0.39, 0.29) is 23.2 Å². The van der Waals surface area contributed by atoms with Gasteiger partial charge in [0.05, 0.1) is 11.7 Å². The van der Waals surface area contributed by atoms with E-state index in [0.29, 0.717) is 19.5 Å². The zero-order valence-electron chi connectivity index (χ0n) is 10.5. The molecule has 1 N–H and O–H groups in total. The Bertz CT molecular complexity index is 476. The highest BCUT2D eigenvalue weighted by Crippen LogP contribution is 2.27. The van der Waals surface area contributed by atoms with Crippen LogP contribution in [0.1, 0.15) is 18.9 Å². The molecule has 1 atom stereocenters. The maximum atomic E-state index is 13.8. The molecule has 1 aliphatic rings. The van der Waals surface area contributed by atoms with Gasteiger partial charge in [0.1, 0.15) is 11.6 Å². The van der Waals surface area contributed by atoms with Crippen LogP contribution in [0.4, 0.5) is 14.5 Å². The first-order valence-corrected chi connectivity index (χ1v) is 6.05. The quantitative estimate of drug-likeness (QED) is 0.894. The van der Waals surface area contributed by atoms with Crippen LogP contribution in [0.3, 0.4) is 0 Å². The molecule has 1 saturated heterocycles. The van der Waals surface area contributed by atoms with Crippen LogP contribution >= 0.6 is 0 Å². The Hall–Kier alpha value is -1.49. The lowest BCUT2D eigenvalue weighted by Crippen LogP contribution is -2.38. The number of halogens is 2. The second-order valence-corrected chi connectivity index (χ2v) is 4.44. The number of benzene rings is 1. The fourth-order valence-electron chi connectivity index (χ4n) is 2.20. The van der Waals surface area contributed by atoms with Gasteiger partial charge < -0.3 is 10.2 Å². The molecule has 1 fully saturated rings. The molecule has 1 aromatic rings. The predicted molar refractivity (Wildman–Crippen MR) is 65.5 cm³/mol. The Kier molecular flexibility index (Phi) is 3.61. The molecule has 1 heterocycles. The molecule has 1 unspecified atom stereocenters. The fourth-order valence-corrected chi connectivity index (χ4v) is 2.20. The minimum Gasteiger partial charge on any atom is -0.308 e. The largest absolute Gasteiger partial charge is 0.308 e. The van der Waals surface area contributed by atoms with Crippen molar-refractivity contribution in [2.24, 2.45) is 0 Å². The Morgan fingerprint density at radius 2 is 2.11 bits per heavy atom. The molecule has 2 rings (SSSR count). The summed E-state index contributed by atoms with van der Waals surface area (Å²) >= 11 is 0. The number of aryl methyl sites for hydroxylation is 1. The number of carbonyl (C=O) groups is 1. The van der Waals surface area contributed by atoms with Gasteiger partial charge in [-0.2, -0.15) is 0 Å². The van der Waals surface area contributed by atoms with E-state index in [0.717, 1.165) is 12.1 Å². The minimum absolute atomic E-state index is 0.0310. The normalized spacial score (nSPS) is 19.7. The van der Waals surface area contributed by atoms with E-state index in [9.17, 15) is 13.6 Å². The Labute approximate surface area is 105 Å². The van der Waals surface area contributed by atoms with Gasteiger partial charge in [-0.1, -0.05) is 6.92 Å². The molecule has 1 aliphatic heterocycles. The van der Waals surface area contributed by atoms with Crippen molar-refractivity contribution in [3.8, 4) is 0 Å². The van der Waals surface area contributed by atoms with Gasteiger partial charge in [-0.05, 0) is 31.5 Å². The molecule has 0 radical (unpaired) electrons. The monoisotopic (exact) mass is 254 g/mol. The highest BCUT2D eigenvalue weighted by atomic mass is 19.1. The third-order valence-electron chi connectivity index (χ3n) is 3.17. The van der Waals surface area contributed by atoms with Gasteiger partial charge in [0.25, 0.3) is 0 Å². The zero-order valence-corrected chi connectivity index (χ0v) is 10.5. The number of nitrogens with zero attached hydrogens (tertiary/aromatic N) is 1. The van der Waals surface area contributed by atoms with Gasteiger partial charge in [0.2, 0.25) is 5.91 Å². The molecular weight excluding hydrogens is 238 g/mol. The highest BCUT2D eigenvalue weighted by Gasteiger charge is 2.33. The topological polar surface area (TPSA) is 32.3 Å². The van der Waals surface area contributed by atoms with Crippen LogP contribution in [0.5, 0.6) is 0 Å². The summed E-state index contributed by atoms with van der Waals surface area (Å²) in [6, 6.07) is 1.92. The third kappa shape index (κ3) is 2.22. The molecule has 5 heteroatoms. The predicted octanol–water partition coefficient (Wildman–Crippen LogP) is 1.99. The first kappa shape index (κ1) is 13.0. The molecular formula is C13H16F2N2O. The van der Waals surface area contributed by atoms with Crippen molar-refractivity contribution in [2.45, 2.75) is 26.3 Å². The lowest BCUT2D eigenvalue weighted by atomic mass is 10.2. The van der Waals surface area contributed by atoms with E-state index >= 15 is 0 Å². The second kappa shape index (κ2) is 5.02. The Balaban J connectivity index is 2.28. The molecule has 3 nitrogen and oxygen atoms in total. The number of anilines is 1. The van der Waals surface area contributed by atoms with Crippen molar-refractivity contribution in [3.05, 3.63) is 29.3 Å². The minimum atomic E-state index is -0.556. The average Bonchev–Trinajstić information content (AvgIpc) is 2.67. The molecule has 98 valence electrons. The molecule has 0 aromatic heterocycles. The smallest absolute Gasteiger partial charge is 0.244 e. The summed E-state index contributed by atoms with van der Waals surface area (Å²) < 4.78 is 27.3. The summed E-state index contributed by atoms with van der Waals surface area (Å²) in [4.78, 5) is 13.3. The van der Waals surface area contributed by atoms with Crippen molar-refractivity contribution in [1.82, 2.24) is 5.32 Å². The molecule has 0 aliphatic carbocycles. The molecule has 0 bridgehead atoms. The van der Waals surface area contributed by atoms with Crippen LogP contribution in [0.2, 0.25) is 0 Å². The van der Waals surface area contributed by atoms with Crippen LogP contribution in [-0.2, 0) is 4.79 Å². The van der Waals surface area contributed by atoms with E-state index < -0.39 is 11.6 Å². The number of likely N-dealkylation sites (N-methyl/N-ethyl adjacent to an activating group) is 1. The first-order valence-electron chi connectivity index (χ1n) is 6.05. The number of carbonyl (C=O) groups excluding carboxylic acids is 1. The van der Waals surface area contributed by atoms with E-state index in [1.165, 1.54) is 11.8 Å². The van der Waals surface area contributed by atoms with Crippen LogP contribution in [0.15, 0.2) is 12.1 Å². The van der Waals surface area contributed by atoms with Crippen molar-refractivity contribution in [1.29, 1.82) is 0 Å². The summed E-state index contributed by atoms with van der Waals surface area (Å²) in [5.41, 5.74) is 0.273. The number of hydrogen-bond donors (Lipinski definition) is 1. The van der Waals surface area contributed by atoms with Crippen LogP contribution in [0.25, 0.3) is 0 Å². The summed E-state index contributed by atoms with van der Waals surface area (Å²) in [7, 11) is 0. The highest BCUT2D eigenvalue weighted by molar-refractivity contribution is 5.99. The van der Waals surface area contributed by atoms with E-state index in [2.05, 4.69) is 5.32 Å². The van der Waals surface area contributed by atoms with Gasteiger partial charge >= 0.3 is 0 Å². The van der Waals surface area contributed by atoms with Crippen LogP contribution in [-0.4, -0.2) is 25.0 Å². The van der Waals surface area contributed by atoms with Gasteiger partial charge in [-0.3, -0.25) is 4.79 Å². The third-order valence-corrected chi connectivity index (χ3v) is 3.17. The SMILES string of the molecule is CCNC1CCN(c2cc(F)c(C)cc2F)C1=O. The maximum Gasteiger partial charge on any atom is 0.244 e. The van der Waals surface area contributed by atoms with Crippen molar-refractivity contribution in [3.63, 3.8) is 0 Å². The van der Waals surface area contributed by atoms with Crippen LogP contribution < -0.4 is 10.2 Å². The van der Waals surface area contributed by atoms with Gasteiger partial charge in [-0.15, -0.1) is 0 Å². The standard InChI is InChI=1S/C13H16F2N2O/c1-3-16-11-4-5-17(13(11)18)12-7-9(14)8(2)6-10(12)15/h6-7,11,16H,3-5H2,1-2H3. The molecule has 1 aromatic carbocycles. The maximum absolute atomic E-state index is 13.8. The van der Waals surface area contributed by atoms with Gasteiger partial charge in [-0.25, -0.2) is 8.78 Å². The first-order chi connectivity index (χ1) is 8.54. The van der Waals surface area contributed by atoms with E-state index in [1.54, 1.807) is 0 Å². The van der Waals surface area contributed by atoms with Gasteiger partial charge in [0, 0.05) is 12.6 Å². The Morgan fingerprint density at radius 3 is 2.78 bits per heavy atom. The number of hydrogen-bond acceptors (Lipinski definition) is 2. The Morgan fingerprint density at radius 1 is 1.39 bits per heavy atom. The fraction of sp³-hybridized carbons (Fsp3) is 0.462. The summed E-state index contributed by atoms with van der Waals surface area (Å²) in [5.74, 6) is -1.25. The van der Waals surface area contributed by atoms with Crippen molar-refractivity contribution >= 4 is 11.6 Å². The summed E-state index contributed by atoms with van der Waals surface area (Å²) in [6.45, 7) is 4.49. The van der Waals surface area contributed by atoms with Crippen molar-refractivity contribution < 1.29 is 13.6 Å².